The van der Waals surface area contributed by atoms with Crippen LogP contribution in [0.3, 0.4) is 0 Å². The fourth-order valence-corrected chi connectivity index (χ4v) is 3.61. The minimum Gasteiger partial charge on any atom is -0.349 e. The SMILES string of the molecule is C=CCn1c(C)cc(C(=O)CN2CCn3cccc3C2C)c1C. The summed E-state index contributed by atoms with van der Waals surface area (Å²) >= 11 is 0. The van der Waals surface area contributed by atoms with Crippen LogP contribution in [0.4, 0.5) is 0 Å². The Balaban J connectivity index is 1.78. The van der Waals surface area contributed by atoms with Crippen molar-refractivity contribution >= 4 is 5.78 Å². The van der Waals surface area contributed by atoms with Gasteiger partial charge in [-0.3, -0.25) is 9.69 Å². The molecule has 3 rings (SSSR count). The van der Waals surface area contributed by atoms with Gasteiger partial charge in [0.05, 0.1) is 6.54 Å². The van der Waals surface area contributed by atoms with Gasteiger partial charge in [-0.25, -0.2) is 0 Å². The first-order chi connectivity index (χ1) is 11.0. The molecule has 3 heterocycles. The number of Topliss-reactive ketones (excluding diaryl/α,β-unsaturated/α-hetero) is 1. The van der Waals surface area contributed by atoms with Gasteiger partial charge < -0.3 is 9.13 Å². The zero-order chi connectivity index (χ0) is 16.6. The number of aryl methyl sites for hydroxylation is 1. The maximum atomic E-state index is 12.8. The van der Waals surface area contributed by atoms with Gasteiger partial charge >= 0.3 is 0 Å². The van der Waals surface area contributed by atoms with Crippen LogP contribution in [0.15, 0.2) is 37.1 Å². The molecule has 2 aromatic heterocycles. The van der Waals surface area contributed by atoms with Crippen molar-refractivity contribution < 1.29 is 4.79 Å². The third-order valence-corrected chi connectivity index (χ3v) is 5.00. The fraction of sp³-hybridized carbons (Fsp3) is 0.421. The number of allylic oxidation sites excluding steroid dienone is 1. The van der Waals surface area contributed by atoms with Gasteiger partial charge in [-0.2, -0.15) is 0 Å². The zero-order valence-electron chi connectivity index (χ0n) is 14.2. The molecule has 1 aliphatic rings. The van der Waals surface area contributed by atoms with Gasteiger partial charge in [-0.05, 0) is 39.0 Å². The van der Waals surface area contributed by atoms with E-state index in [-0.39, 0.29) is 11.8 Å². The second-order valence-corrected chi connectivity index (χ2v) is 6.38. The molecule has 0 fully saturated rings. The largest absolute Gasteiger partial charge is 0.349 e. The first-order valence-corrected chi connectivity index (χ1v) is 8.23. The van der Waals surface area contributed by atoms with Crippen molar-refractivity contribution in [2.24, 2.45) is 0 Å². The molecule has 0 aromatic carbocycles. The summed E-state index contributed by atoms with van der Waals surface area (Å²) in [6.07, 6.45) is 3.99. The molecule has 1 aliphatic heterocycles. The van der Waals surface area contributed by atoms with Crippen LogP contribution in [-0.2, 0) is 13.1 Å². The second-order valence-electron chi connectivity index (χ2n) is 6.38. The number of aromatic nitrogens is 2. The van der Waals surface area contributed by atoms with Crippen molar-refractivity contribution in [3.8, 4) is 0 Å². The van der Waals surface area contributed by atoms with Crippen LogP contribution >= 0.6 is 0 Å². The van der Waals surface area contributed by atoms with Crippen LogP contribution in [-0.4, -0.2) is 32.9 Å². The molecule has 1 unspecified atom stereocenters. The molecule has 0 saturated heterocycles. The van der Waals surface area contributed by atoms with Gasteiger partial charge in [0.1, 0.15) is 0 Å². The highest BCUT2D eigenvalue weighted by molar-refractivity contribution is 5.99. The summed E-state index contributed by atoms with van der Waals surface area (Å²) in [5.41, 5.74) is 4.30. The van der Waals surface area contributed by atoms with E-state index in [9.17, 15) is 4.79 Å². The molecule has 122 valence electrons. The van der Waals surface area contributed by atoms with Crippen molar-refractivity contribution in [1.82, 2.24) is 14.0 Å². The Morgan fingerprint density at radius 2 is 2.17 bits per heavy atom. The summed E-state index contributed by atoms with van der Waals surface area (Å²) in [7, 11) is 0. The number of nitrogens with zero attached hydrogens (tertiary/aromatic N) is 3. The summed E-state index contributed by atoms with van der Waals surface area (Å²) in [4.78, 5) is 15.1. The number of hydrogen-bond donors (Lipinski definition) is 0. The zero-order valence-corrected chi connectivity index (χ0v) is 14.2. The number of fused-ring (bicyclic) bond motifs is 1. The molecule has 0 aliphatic carbocycles. The summed E-state index contributed by atoms with van der Waals surface area (Å²) in [6, 6.07) is 6.52. The summed E-state index contributed by atoms with van der Waals surface area (Å²) in [5.74, 6) is 0.209. The van der Waals surface area contributed by atoms with Gasteiger partial charge in [0, 0.05) is 54.5 Å². The van der Waals surface area contributed by atoms with Gasteiger partial charge in [0.25, 0.3) is 0 Å². The molecule has 23 heavy (non-hydrogen) atoms. The van der Waals surface area contributed by atoms with E-state index in [0.29, 0.717) is 6.54 Å². The normalized spacial score (nSPS) is 18.0. The second kappa shape index (κ2) is 6.20. The summed E-state index contributed by atoms with van der Waals surface area (Å²) < 4.78 is 4.42. The first kappa shape index (κ1) is 15.8. The lowest BCUT2D eigenvalue weighted by Gasteiger charge is -2.34. The predicted molar refractivity (Wildman–Crippen MR) is 92.9 cm³/mol. The van der Waals surface area contributed by atoms with E-state index >= 15 is 0 Å². The van der Waals surface area contributed by atoms with Crippen molar-refractivity contribution in [2.75, 3.05) is 13.1 Å². The van der Waals surface area contributed by atoms with Crippen LogP contribution in [0.5, 0.6) is 0 Å². The highest BCUT2D eigenvalue weighted by Crippen LogP contribution is 2.26. The molecule has 0 saturated carbocycles. The van der Waals surface area contributed by atoms with E-state index in [0.717, 1.165) is 36.6 Å². The molecular formula is C19H25N3O. The Bertz CT molecular complexity index is 738. The van der Waals surface area contributed by atoms with Crippen LogP contribution in [0.25, 0.3) is 0 Å². The molecule has 4 nitrogen and oxygen atoms in total. The van der Waals surface area contributed by atoms with Crippen LogP contribution in [0, 0.1) is 13.8 Å². The molecule has 4 heteroatoms. The molecule has 0 spiro atoms. The van der Waals surface area contributed by atoms with Gasteiger partial charge in [0.2, 0.25) is 0 Å². The smallest absolute Gasteiger partial charge is 0.178 e. The lowest BCUT2D eigenvalue weighted by molar-refractivity contribution is 0.0867. The molecular weight excluding hydrogens is 286 g/mol. The fourth-order valence-electron chi connectivity index (χ4n) is 3.61. The Labute approximate surface area is 138 Å². The number of rotatable bonds is 5. The van der Waals surface area contributed by atoms with Crippen molar-refractivity contribution in [3.05, 3.63) is 59.7 Å². The van der Waals surface area contributed by atoms with E-state index in [2.05, 4.69) is 45.9 Å². The minimum absolute atomic E-state index is 0.209. The van der Waals surface area contributed by atoms with Gasteiger partial charge in [0.15, 0.2) is 5.78 Å². The third-order valence-electron chi connectivity index (χ3n) is 5.00. The molecule has 0 N–H and O–H groups in total. The van der Waals surface area contributed by atoms with E-state index in [1.54, 1.807) is 0 Å². The lowest BCUT2D eigenvalue weighted by atomic mass is 10.1. The number of carbonyl (C=O) groups excluding carboxylic acids is 1. The highest BCUT2D eigenvalue weighted by Gasteiger charge is 2.26. The summed E-state index contributed by atoms with van der Waals surface area (Å²) in [5, 5.41) is 0. The average molecular weight is 311 g/mol. The molecule has 1 atom stereocenters. The Hall–Kier alpha value is -2.07. The Morgan fingerprint density at radius 3 is 2.91 bits per heavy atom. The van der Waals surface area contributed by atoms with Crippen molar-refractivity contribution in [1.29, 1.82) is 0 Å². The maximum Gasteiger partial charge on any atom is 0.178 e. The first-order valence-electron chi connectivity index (χ1n) is 8.23. The standard InChI is InChI=1S/C19H25N3O/c1-5-8-22-14(2)12-17(15(22)3)19(23)13-21-11-10-20-9-6-7-18(20)16(21)4/h5-7,9,12,16H,1,8,10-11,13H2,2-4H3. The van der Waals surface area contributed by atoms with Crippen molar-refractivity contribution in [2.45, 2.75) is 39.9 Å². The monoisotopic (exact) mass is 311 g/mol. The summed E-state index contributed by atoms with van der Waals surface area (Å²) in [6.45, 7) is 13.1. The predicted octanol–water partition coefficient (Wildman–Crippen LogP) is 3.35. The topological polar surface area (TPSA) is 30.2 Å². The lowest BCUT2D eigenvalue weighted by Crippen LogP contribution is -2.39. The van der Waals surface area contributed by atoms with Gasteiger partial charge in [-0.15, -0.1) is 6.58 Å². The van der Waals surface area contributed by atoms with E-state index in [4.69, 9.17) is 0 Å². The molecule has 0 bridgehead atoms. The number of ketones is 1. The number of hydrogen-bond acceptors (Lipinski definition) is 2. The average Bonchev–Trinajstić information content (AvgIpc) is 3.10. The van der Waals surface area contributed by atoms with Crippen LogP contribution in [0.1, 0.15) is 40.4 Å². The molecule has 0 amide bonds. The van der Waals surface area contributed by atoms with E-state index < -0.39 is 0 Å². The van der Waals surface area contributed by atoms with Crippen molar-refractivity contribution in [3.63, 3.8) is 0 Å². The Kier molecular flexibility index (Phi) is 4.26. The highest BCUT2D eigenvalue weighted by atomic mass is 16.1. The molecule has 2 aromatic rings. The van der Waals surface area contributed by atoms with Crippen LogP contribution < -0.4 is 0 Å². The minimum atomic E-state index is 0.209. The maximum absolute atomic E-state index is 12.8. The van der Waals surface area contributed by atoms with E-state index in [1.807, 2.05) is 26.0 Å². The van der Waals surface area contributed by atoms with Gasteiger partial charge in [-0.1, -0.05) is 6.08 Å². The quantitative estimate of drug-likeness (QED) is 0.626. The molecule has 0 radical (unpaired) electrons. The third kappa shape index (κ3) is 2.79. The van der Waals surface area contributed by atoms with E-state index in [1.165, 1.54) is 5.69 Å². The Morgan fingerprint density at radius 1 is 1.39 bits per heavy atom. The van der Waals surface area contributed by atoms with Crippen LogP contribution in [0.2, 0.25) is 0 Å². The number of carbonyl (C=O) groups is 1.